The molecule has 1 fully saturated rings. The molecule has 3 rings (SSSR count). The summed E-state index contributed by atoms with van der Waals surface area (Å²) in [5.74, 6) is 1.27. The Labute approximate surface area is 130 Å². The van der Waals surface area contributed by atoms with Crippen molar-refractivity contribution in [2.45, 2.75) is 18.8 Å². The molecule has 1 aliphatic carbocycles. The summed E-state index contributed by atoms with van der Waals surface area (Å²) in [6.07, 6.45) is 4.57. The molecule has 1 saturated carbocycles. The zero-order chi connectivity index (χ0) is 14.4. The van der Waals surface area contributed by atoms with Gasteiger partial charge in [0.1, 0.15) is 17.3 Å². The van der Waals surface area contributed by atoms with Crippen molar-refractivity contribution in [1.82, 2.24) is 9.97 Å². The number of carbonyl (C=O) groups excluding carboxylic acids is 1. The lowest BCUT2D eigenvalue weighted by molar-refractivity contribution is -0.105. The van der Waals surface area contributed by atoms with Crippen LogP contribution in [0.1, 0.15) is 24.3 Å². The van der Waals surface area contributed by atoms with Gasteiger partial charge in [-0.3, -0.25) is 4.79 Å². The number of benzene rings is 1. The molecule has 0 spiro atoms. The minimum absolute atomic E-state index is 0.305. The first-order valence-corrected chi connectivity index (χ1v) is 7.29. The van der Waals surface area contributed by atoms with Crippen molar-refractivity contribution in [3.63, 3.8) is 0 Å². The average molecular weight is 355 g/mol. The Morgan fingerprint density at radius 3 is 2.70 bits per heavy atom. The van der Waals surface area contributed by atoms with Gasteiger partial charge in [-0.05, 0) is 36.5 Å². The first kappa shape index (κ1) is 14.9. The van der Waals surface area contributed by atoms with Crippen molar-refractivity contribution < 1.29 is 4.79 Å². The molecule has 1 aromatic carbocycles. The molecule has 1 aliphatic rings. The van der Waals surface area contributed by atoms with Crippen molar-refractivity contribution in [2.24, 2.45) is 0 Å². The molecule has 4 nitrogen and oxygen atoms in total. The maximum Gasteiger partial charge on any atom is 0.212 e. The first-order chi connectivity index (χ1) is 9.69. The Kier molecular flexibility index (Phi) is 5.49. The zero-order valence-electron chi connectivity index (χ0n) is 10.6. The van der Waals surface area contributed by atoms with Crippen LogP contribution in [0.3, 0.4) is 0 Å². The van der Waals surface area contributed by atoms with Crippen LogP contribution in [0.15, 0.2) is 41.1 Å². The molecular weight excluding hydrogens is 342 g/mol. The summed E-state index contributed by atoms with van der Waals surface area (Å²) < 4.78 is 1.21. The molecule has 1 amide bonds. The molecular formula is C14H13BrClN3O. The van der Waals surface area contributed by atoms with E-state index in [9.17, 15) is 4.79 Å². The van der Waals surface area contributed by atoms with Crippen molar-refractivity contribution in [3.05, 3.63) is 51.8 Å². The molecule has 0 aliphatic heterocycles. The van der Waals surface area contributed by atoms with Gasteiger partial charge in [-0.25, -0.2) is 9.97 Å². The first-order valence-electron chi connectivity index (χ1n) is 6.12. The summed E-state index contributed by atoms with van der Waals surface area (Å²) in [5, 5.41) is 2.64. The summed E-state index contributed by atoms with van der Waals surface area (Å²) in [4.78, 5) is 17.2. The standard InChI is InChI=1S/C9H9Br.C5H4ClN3O/c10-9-3-1-2-8(6-9)7-4-5-7;6-4-1-5(9-3-10)8-2-7-4/h1-3,6-7H,4-5H2;1-3H,(H,7,8,9,10). The molecule has 0 unspecified atom stereocenters. The molecule has 20 heavy (non-hydrogen) atoms. The second-order valence-corrected chi connectivity index (χ2v) is 5.62. The number of nitrogens with zero attached hydrogens (tertiary/aromatic N) is 2. The van der Waals surface area contributed by atoms with Crippen LogP contribution in [0.5, 0.6) is 0 Å². The lowest BCUT2D eigenvalue weighted by Crippen LogP contribution is -1.96. The van der Waals surface area contributed by atoms with Gasteiger partial charge in [0, 0.05) is 10.5 Å². The van der Waals surface area contributed by atoms with Crippen LogP contribution < -0.4 is 5.32 Å². The van der Waals surface area contributed by atoms with Crippen LogP contribution >= 0.6 is 27.5 Å². The van der Waals surface area contributed by atoms with Gasteiger partial charge >= 0.3 is 0 Å². The number of hydrogen-bond donors (Lipinski definition) is 1. The third kappa shape index (κ3) is 4.90. The normalized spacial score (nSPS) is 13.1. The Morgan fingerprint density at radius 2 is 2.10 bits per heavy atom. The van der Waals surface area contributed by atoms with Crippen LogP contribution in [0.4, 0.5) is 5.82 Å². The van der Waals surface area contributed by atoms with E-state index in [4.69, 9.17) is 11.6 Å². The van der Waals surface area contributed by atoms with Crippen LogP contribution in [0.25, 0.3) is 0 Å². The van der Waals surface area contributed by atoms with E-state index in [-0.39, 0.29) is 0 Å². The molecule has 104 valence electrons. The monoisotopic (exact) mass is 353 g/mol. The maximum atomic E-state index is 9.87. The molecule has 0 bridgehead atoms. The maximum absolute atomic E-state index is 9.87. The molecule has 2 aromatic rings. The van der Waals surface area contributed by atoms with Crippen molar-refractivity contribution in [1.29, 1.82) is 0 Å². The van der Waals surface area contributed by atoms with E-state index in [0.717, 1.165) is 5.92 Å². The summed E-state index contributed by atoms with van der Waals surface area (Å²) in [6, 6.07) is 10.1. The number of rotatable bonds is 3. The summed E-state index contributed by atoms with van der Waals surface area (Å²) >= 11 is 8.93. The summed E-state index contributed by atoms with van der Waals surface area (Å²) in [5.41, 5.74) is 1.49. The van der Waals surface area contributed by atoms with Gasteiger partial charge < -0.3 is 5.32 Å². The average Bonchev–Trinajstić information content (AvgIpc) is 3.24. The van der Waals surface area contributed by atoms with Gasteiger partial charge in [0.25, 0.3) is 0 Å². The smallest absolute Gasteiger partial charge is 0.212 e. The number of nitrogens with one attached hydrogen (secondary N) is 1. The minimum atomic E-state index is 0.305. The molecule has 0 radical (unpaired) electrons. The lowest BCUT2D eigenvalue weighted by Gasteiger charge is -1.96. The van der Waals surface area contributed by atoms with Crippen molar-refractivity contribution in [3.8, 4) is 0 Å². The van der Waals surface area contributed by atoms with Gasteiger partial charge in [-0.2, -0.15) is 0 Å². The predicted molar refractivity (Wildman–Crippen MR) is 82.8 cm³/mol. The van der Waals surface area contributed by atoms with Crippen molar-refractivity contribution >= 4 is 39.8 Å². The van der Waals surface area contributed by atoms with E-state index < -0.39 is 0 Å². The number of anilines is 1. The highest BCUT2D eigenvalue weighted by molar-refractivity contribution is 9.10. The van der Waals surface area contributed by atoms with E-state index >= 15 is 0 Å². The molecule has 1 heterocycles. The predicted octanol–water partition coefficient (Wildman–Crippen LogP) is 4.02. The fourth-order valence-corrected chi connectivity index (χ4v) is 2.21. The lowest BCUT2D eigenvalue weighted by atomic mass is 10.1. The van der Waals surface area contributed by atoms with Gasteiger partial charge in [0.2, 0.25) is 6.41 Å². The number of aromatic nitrogens is 2. The van der Waals surface area contributed by atoms with E-state index in [1.165, 1.54) is 35.3 Å². The fraction of sp³-hybridized carbons (Fsp3) is 0.214. The number of halogens is 2. The van der Waals surface area contributed by atoms with Crippen LogP contribution in [0, 0.1) is 0 Å². The number of carbonyl (C=O) groups is 1. The Morgan fingerprint density at radius 1 is 1.30 bits per heavy atom. The SMILES string of the molecule is Brc1cccc(C2CC2)c1.O=CNc1cc(Cl)ncn1. The highest BCUT2D eigenvalue weighted by Crippen LogP contribution is 2.40. The fourth-order valence-electron chi connectivity index (χ4n) is 1.65. The van der Waals surface area contributed by atoms with Crippen LogP contribution in [-0.2, 0) is 4.79 Å². The van der Waals surface area contributed by atoms with Gasteiger partial charge in [-0.15, -0.1) is 0 Å². The van der Waals surface area contributed by atoms with Gasteiger partial charge in [0.15, 0.2) is 0 Å². The third-order valence-electron chi connectivity index (χ3n) is 2.74. The highest BCUT2D eigenvalue weighted by Gasteiger charge is 2.22. The van der Waals surface area contributed by atoms with Crippen LogP contribution in [0.2, 0.25) is 5.15 Å². The summed E-state index contributed by atoms with van der Waals surface area (Å²) in [7, 11) is 0. The van der Waals surface area contributed by atoms with Crippen LogP contribution in [-0.4, -0.2) is 16.4 Å². The number of hydrogen-bond acceptors (Lipinski definition) is 3. The highest BCUT2D eigenvalue weighted by atomic mass is 79.9. The Hall–Kier alpha value is -1.46. The number of amides is 1. The van der Waals surface area contributed by atoms with Crippen molar-refractivity contribution in [2.75, 3.05) is 5.32 Å². The largest absolute Gasteiger partial charge is 0.313 e. The Bertz CT molecular complexity index is 590. The van der Waals surface area contributed by atoms with E-state index in [2.05, 4.69) is 55.5 Å². The Balaban J connectivity index is 0.000000147. The third-order valence-corrected chi connectivity index (χ3v) is 3.44. The van der Waals surface area contributed by atoms with Gasteiger partial charge in [0.05, 0.1) is 0 Å². The van der Waals surface area contributed by atoms with Gasteiger partial charge in [-0.1, -0.05) is 39.7 Å². The zero-order valence-corrected chi connectivity index (χ0v) is 12.9. The second-order valence-electron chi connectivity index (χ2n) is 4.32. The second kappa shape index (κ2) is 7.36. The minimum Gasteiger partial charge on any atom is -0.313 e. The quantitative estimate of drug-likeness (QED) is 0.669. The molecule has 0 saturated heterocycles. The van der Waals surface area contributed by atoms with E-state index in [0.29, 0.717) is 17.4 Å². The molecule has 1 N–H and O–H groups in total. The summed E-state index contributed by atoms with van der Waals surface area (Å²) in [6.45, 7) is 0. The molecule has 1 aromatic heterocycles. The molecule has 0 atom stereocenters. The molecule has 6 heteroatoms. The van der Waals surface area contributed by atoms with E-state index in [1.807, 2.05) is 0 Å². The topological polar surface area (TPSA) is 54.9 Å². The van der Waals surface area contributed by atoms with E-state index in [1.54, 1.807) is 0 Å².